The number of ketones is 3. The van der Waals surface area contributed by atoms with E-state index in [2.05, 4.69) is 0 Å². The van der Waals surface area contributed by atoms with E-state index in [-0.39, 0.29) is 41.3 Å². The van der Waals surface area contributed by atoms with Crippen molar-refractivity contribution in [1.82, 2.24) is 0 Å². The Kier molecular flexibility index (Phi) is 8.80. The van der Waals surface area contributed by atoms with E-state index >= 15 is 0 Å². The summed E-state index contributed by atoms with van der Waals surface area (Å²) in [6.07, 6.45) is -25.1. The Labute approximate surface area is 385 Å². The third kappa shape index (κ3) is 14.9. The van der Waals surface area contributed by atoms with Gasteiger partial charge in [0.05, 0.1) is 0 Å². The Balaban J connectivity index is -0.000000576. The molecule has 0 radical (unpaired) electrons. The number of carbonyl (C=O) groups is 3. The van der Waals surface area contributed by atoms with Gasteiger partial charge in [-0.15, -0.1) is 17.3 Å². The van der Waals surface area contributed by atoms with E-state index in [0.717, 1.165) is 0 Å². The van der Waals surface area contributed by atoms with E-state index in [0.29, 0.717) is 0 Å². The van der Waals surface area contributed by atoms with Gasteiger partial charge in [0.1, 0.15) is 0 Å². The maximum atomic E-state index is 13.3. The first kappa shape index (κ1) is 26.8. The van der Waals surface area contributed by atoms with Crippen LogP contribution in [0.2, 0.25) is 0 Å². The van der Waals surface area contributed by atoms with Crippen LogP contribution in [0.15, 0.2) is 35.5 Å². The molecule has 0 rings (SSSR count). The standard InChI is InChI=1S/3C10H11F7O2.Pr/c3*1-7(2,3)5(18)4-6(19)8(11,12)9(13,14)10(15,16)17;/h3*4,18H,1-3H3;/q;;;+3/p-3/b3*5-4-;/i3*1D3,2D3,3D3;. The van der Waals surface area contributed by atoms with Gasteiger partial charge in [-0.1, -0.05) is 61.7 Å². The van der Waals surface area contributed by atoms with E-state index in [1.54, 1.807) is 0 Å². The van der Waals surface area contributed by atoms with Gasteiger partial charge in [-0.3, -0.25) is 14.4 Å². The van der Waals surface area contributed by atoms with Gasteiger partial charge in [0.25, 0.3) is 0 Å². The minimum Gasteiger partial charge on any atom is -0.875 e. The smallest absolute Gasteiger partial charge is 0.875 e. The first-order valence-electron chi connectivity index (χ1n) is 25.7. The number of rotatable bonds is 9. The molecule has 0 bridgehead atoms. The fourth-order valence-electron chi connectivity index (χ4n) is 1.95. The summed E-state index contributed by atoms with van der Waals surface area (Å²) in [5.41, 5.74) is -13.6. The molecule has 0 amide bonds. The molecule has 28 heteroatoms. The SMILES string of the molecule is [2H]C([2H])([2H])C(/C([O-])=C/C(=O)C(F)(F)C(F)(F)C(F)(F)F)(C([2H])([2H])[2H])C([2H])([2H])[2H].[2H]C([2H])([2H])C(/C([O-])=C/C(=O)C(F)(F)C(F)(F)C(F)(F)F)(C([2H])([2H])[2H])C([2H])([2H])[2H].[2H]C([2H])([2H])C(/C([O-])=C/C(=O)C(F)(F)C(F)(F)C(F)(F)F)(C([2H])([2H])[2H])C([2H])([2H])[2H].[Pr+3]. The number of halogens is 21. The monoisotopic (exact) mass is 1050 g/mol. The molecule has 0 heterocycles. The zero-order valence-electron chi connectivity index (χ0n) is 53.2. The van der Waals surface area contributed by atoms with Crippen molar-refractivity contribution in [2.45, 2.75) is 116 Å². The van der Waals surface area contributed by atoms with E-state index in [4.69, 9.17) is 37.0 Å². The van der Waals surface area contributed by atoms with Crippen LogP contribution in [0.25, 0.3) is 0 Å². The summed E-state index contributed by atoms with van der Waals surface area (Å²) in [6, 6.07) is 0. The molecule has 0 unspecified atom stereocenters. The largest absolute Gasteiger partial charge is 3.00 e. The molecule has 0 aromatic heterocycles. The van der Waals surface area contributed by atoms with Crippen molar-refractivity contribution in [3.8, 4) is 0 Å². The van der Waals surface area contributed by atoms with Gasteiger partial charge in [-0.05, 0) is 34.5 Å². The van der Waals surface area contributed by atoms with Crippen molar-refractivity contribution in [3.63, 3.8) is 0 Å². The van der Waals surface area contributed by atoms with Crippen LogP contribution < -0.4 is 15.3 Å². The number of allylic oxidation sites excluding steroid dienone is 6. The van der Waals surface area contributed by atoms with Gasteiger partial charge in [0.2, 0.25) is 17.3 Å². The zero-order chi connectivity index (χ0) is 70.1. The number of hydrogen-bond donors (Lipinski definition) is 0. The summed E-state index contributed by atoms with van der Waals surface area (Å²) in [7, 11) is 0. The molecule has 0 aromatic rings. The summed E-state index contributed by atoms with van der Waals surface area (Å²) < 4.78 is 456. The Morgan fingerprint density at radius 1 is 0.362 bits per heavy atom. The van der Waals surface area contributed by atoms with E-state index in [9.17, 15) is 122 Å². The first-order chi connectivity index (χ1) is 35.4. The molecule has 336 valence electrons. The first-order valence-corrected chi connectivity index (χ1v) is 12.2. The molecule has 0 aliphatic carbocycles. The summed E-state index contributed by atoms with van der Waals surface area (Å²) in [5, 5.41) is 36.1. The van der Waals surface area contributed by atoms with Gasteiger partial charge in [-0.2, -0.15) is 92.2 Å². The average molecular weight is 1050 g/mol. The van der Waals surface area contributed by atoms with Crippen LogP contribution in [0.1, 0.15) is 98.7 Å². The number of carbonyl (C=O) groups excluding carboxylic acids is 3. The second-order valence-corrected chi connectivity index (χ2v) is 9.81. The molecule has 6 nitrogen and oxygen atoms in total. The van der Waals surface area contributed by atoms with Gasteiger partial charge in [0, 0.05) is 37.0 Å². The Bertz CT molecular complexity index is 2100. The van der Waals surface area contributed by atoms with E-state index < -0.39 is 185 Å². The van der Waals surface area contributed by atoms with Gasteiger partial charge >= 0.3 is 95.4 Å². The van der Waals surface area contributed by atoms with E-state index in [1.165, 1.54) is 0 Å². The normalized spacial score (nSPS) is 24.2. The maximum Gasteiger partial charge on any atom is 3.00 e. The van der Waals surface area contributed by atoms with Crippen LogP contribution in [0.3, 0.4) is 0 Å². The van der Waals surface area contributed by atoms with Crippen LogP contribution >= 0.6 is 0 Å². The third-order valence-electron chi connectivity index (χ3n) is 5.07. The Hall–Kier alpha value is -2.48. The van der Waals surface area contributed by atoms with Gasteiger partial charge in [-0.25, -0.2) is 0 Å². The van der Waals surface area contributed by atoms with Crippen LogP contribution in [0, 0.1) is 57.5 Å². The second kappa shape index (κ2) is 19.1. The molecule has 0 atom stereocenters. The van der Waals surface area contributed by atoms with Gasteiger partial charge in [0.15, 0.2) is 0 Å². The molecule has 58 heavy (non-hydrogen) atoms. The van der Waals surface area contributed by atoms with Crippen molar-refractivity contribution < 1.29 is 200 Å². The molecule has 0 fully saturated rings. The zero-order valence-corrected chi connectivity index (χ0v) is 29.9. The molecule has 0 aromatic carbocycles. The topological polar surface area (TPSA) is 120 Å². The minimum absolute atomic E-state index is 0. The fourth-order valence-corrected chi connectivity index (χ4v) is 1.95. The second-order valence-electron chi connectivity index (χ2n) is 9.81. The third-order valence-corrected chi connectivity index (χ3v) is 5.07. The quantitative estimate of drug-likeness (QED) is 0.131. The number of alkyl halides is 21. The maximum absolute atomic E-state index is 13.3. The molecule has 0 aliphatic rings. The summed E-state index contributed by atoms with van der Waals surface area (Å²) in [6.45, 7) is -39.0. The van der Waals surface area contributed by atoms with Crippen LogP contribution in [0.5, 0.6) is 0 Å². The predicted octanol–water partition coefficient (Wildman–Crippen LogP) is 8.04. The summed E-state index contributed by atoms with van der Waals surface area (Å²) in [5.74, 6) is -60.7. The average Bonchev–Trinajstić information content (AvgIpc) is 3.11. The fraction of sp³-hybridized carbons (Fsp3) is 0.700. The van der Waals surface area contributed by atoms with E-state index in [1.807, 2.05) is 0 Å². The van der Waals surface area contributed by atoms with Crippen LogP contribution in [0.4, 0.5) is 92.2 Å². The molecule has 0 spiro atoms. The van der Waals surface area contributed by atoms with Crippen molar-refractivity contribution >= 4 is 17.3 Å². The molecule has 0 aliphatic heterocycles. The van der Waals surface area contributed by atoms with Crippen LogP contribution in [-0.2, 0) is 14.4 Å². The number of hydrogen-bond acceptors (Lipinski definition) is 6. The van der Waals surface area contributed by atoms with Crippen LogP contribution in [-0.4, -0.2) is 71.4 Å². The molecular weight excluding hydrogens is 996 g/mol. The summed E-state index contributed by atoms with van der Waals surface area (Å²) in [4.78, 5) is 33.7. The Morgan fingerprint density at radius 3 is 0.603 bits per heavy atom. The minimum atomic E-state index is -7.03. The molecule has 0 saturated carbocycles. The van der Waals surface area contributed by atoms with Crippen molar-refractivity contribution in [1.29, 1.82) is 0 Å². The van der Waals surface area contributed by atoms with Crippen molar-refractivity contribution in [3.05, 3.63) is 35.5 Å². The summed E-state index contributed by atoms with van der Waals surface area (Å²) >= 11 is 0. The van der Waals surface area contributed by atoms with Crippen molar-refractivity contribution in [2.24, 2.45) is 16.2 Å². The molecule has 0 N–H and O–H groups in total. The molecule has 0 saturated heterocycles. The predicted molar refractivity (Wildman–Crippen MR) is 145 cm³/mol. The Morgan fingerprint density at radius 2 is 0.500 bits per heavy atom. The molecular formula is C30H30F21O6Pr. The van der Waals surface area contributed by atoms with Crippen molar-refractivity contribution in [2.75, 3.05) is 0 Å². The van der Waals surface area contributed by atoms with Gasteiger partial charge < -0.3 is 15.3 Å².